The van der Waals surface area contributed by atoms with Crippen molar-refractivity contribution in [1.82, 2.24) is 4.90 Å². The van der Waals surface area contributed by atoms with Crippen LogP contribution in [0.3, 0.4) is 0 Å². The monoisotopic (exact) mass is 440 g/mol. The van der Waals surface area contributed by atoms with Crippen molar-refractivity contribution in [2.75, 3.05) is 41.7 Å². The molecule has 2 N–H and O–H groups in total. The predicted molar refractivity (Wildman–Crippen MR) is 123 cm³/mol. The SMILES string of the molecule is O=C(Nc1cccc(NC(=O)N2CCN(c3cccc(Cl)c3)CC2)c1)c1cccs1. The topological polar surface area (TPSA) is 64.7 Å². The summed E-state index contributed by atoms with van der Waals surface area (Å²) in [6, 6.07) is 18.4. The molecule has 0 radical (unpaired) electrons. The van der Waals surface area contributed by atoms with Gasteiger partial charge in [-0.1, -0.05) is 29.8 Å². The van der Waals surface area contributed by atoms with Crippen molar-refractivity contribution < 1.29 is 9.59 Å². The van der Waals surface area contributed by atoms with E-state index in [4.69, 9.17) is 11.6 Å². The van der Waals surface area contributed by atoms with Crippen LogP contribution in [0.15, 0.2) is 66.0 Å². The highest BCUT2D eigenvalue weighted by Gasteiger charge is 2.21. The fraction of sp³-hybridized carbons (Fsp3) is 0.182. The fourth-order valence-corrected chi connectivity index (χ4v) is 4.12. The highest BCUT2D eigenvalue weighted by molar-refractivity contribution is 7.12. The number of carbonyl (C=O) groups is 2. The number of hydrogen-bond acceptors (Lipinski definition) is 4. The third kappa shape index (κ3) is 4.93. The maximum absolute atomic E-state index is 12.7. The normalized spacial score (nSPS) is 13.8. The first-order valence-corrected chi connectivity index (χ1v) is 10.9. The summed E-state index contributed by atoms with van der Waals surface area (Å²) >= 11 is 7.46. The van der Waals surface area contributed by atoms with Gasteiger partial charge in [-0.15, -0.1) is 11.3 Å². The van der Waals surface area contributed by atoms with Gasteiger partial charge in [0.25, 0.3) is 5.91 Å². The summed E-state index contributed by atoms with van der Waals surface area (Å²) in [5.74, 6) is -0.161. The van der Waals surface area contributed by atoms with Gasteiger partial charge in [0.05, 0.1) is 4.88 Å². The van der Waals surface area contributed by atoms with Crippen molar-refractivity contribution >= 4 is 51.9 Å². The number of hydrogen-bond donors (Lipinski definition) is 2. The van der Waals surface area contributed by atoms with Crippen LogP contribution < -0.4 is 15.5 Å². The van der Waals surface area contributed by atoms with Gasteiger partial charge in [0.2, 0.25) is 0 Å². The molecule has 3 amide bonds. The molecular weight excluding hydrogens is 420 g/mol. The van der Waals surface area contributed by atoms with Gasteiger partial charge in [-0.2, -0.15) is 0 Å². The van der Waals surface area contributed by atoms with E-state index in [0.717, 1.165) is 18.8 Å². The molecule has 30 heavy (non-hydrogen) atoms. The zero-order valence-electron chi connectivity index (χ0n) is 16.2. The van der Waals surface area contributed by atoms with E-state index >= 15 is 0 Å². The molecule has 1 aliphatic rings. The molecule has 1 saturated heterocycles. The molecule has 0 unspecified atom stereocenters. The number of rotatable bonds is 4. The maximum atomic E-state index is 12.7. The fourth-order valence-electron chi connectivity index (χ4n) is 3.32. The Hall–Kier alpha value is -3.03. The summed E-state index contributed by atoms with van der Waals surface area (Å²) in [7, 11) is 0. The van der Waals surface area contributed by atoms with E-state index in [1.165, 1.54) is 11.3 Å². The van der Waals surface area contributed by atoms with Crippen molar-refractivity contribution in [2.24, 2.45) is 0 Å². The second-order valence-electron chi connectivity index (χ2n) is 6.90. The number of anilines is 3. The van der Waals surface area contributed by atoms with Crippen LogP contribution in [0.4, 0.5) is 21.9 Å². The molecule has 0 bridgehead atoms. The second-order valence-corrected chi connectivity index (χ2v) is 8.28. The highest BCUT2D eigenvalue weighted by atomic mass is 35.5. The van der Waals surface area contributed by atoms with Crippen LogP contribution in [-0.4, -0.2) is 43.0 Å². The van der Waals surface area contributed by atoms with Crippen LogP contribution in [-0.2, 0) is 0 Å². The number of amides is 3. The minimum Gasteiger partial charge on any atom is -0.368 e. The molecule has 0 aliphatic carbocycles. The van der Waals surface area contributed by atoms with Gasteiger partial charge in [-0.25, -0.2) is 4.79 Å². The van der Waals surface area contributed by atoms with Crippen molar-refractivity contribution in [1.29, 1.82) is 0 Å². The number of urea groups is 1. The number of halogens is 1. The van der Waals surface area contributed by atoms with Crippen LogP contribution >= 0.6 is 22.9 Å². The Balaban J connectivity index is 1.32. The minimum absolute atomic E-state index is 0.150. The van der Waals surface area contributed by atoms with Gasteiger partial charge >= 0.3 is 6.03 Å². The smallest absolute Gasteiger partial charge is 0.321 e. The van der Waals surface area contributed by atoms with E-state index in [9.17, 15) is 9.59 Å². The lowest BCUT2D eigenvalue weighted by Crippen LogP contribution is -2.50. The van der Waals surface area contributed by atoms with E-state index in [2.05, 4.69) is 15.5 Å². The van der Waals surface area contributed by atoms with E-state index in [-0.39, 0.29) is 11.9 Å². The lowest BCUT2D eigenvalue weighted by Gasteiger charge is -2.36. The molecule has 0 atom stereocenters. The van der Waals surface area contributed by atoms with Gasteiger partial charge in [0.1, 0.15) is 0 Å². The predicted octanol–water partition coefficient (Wildman–Crippen LogP) is 5.01. The van der Waals surface area contributed by atoms with E-state index in [1.807, 2.05) is 35.7 Å². The maximum Gasteiger partial charge on any atom is 0.321 e. The van der Waals surface area contributed by atoms with Gasteiger partial charge < -0.3 is 20.4 Å². The first-order chi connectivity index (χ1) is 14.6. The van der Waals surface area contributed by atoms with Gasteiger partial charge in [-0.3, -0.25) is 4.79 Å². The quantitative estimate of drug-likeness (QED) is 0.599. The highest BCUT2D eigenvalue weighted by Crippen LogP contribution is 2.22. The van der Waals surface area contributed by atoms with E-state index in [0.29, 0.717) is 34.4 Å². The number of thiophene rings is 1. The molecule has 154 valence electrons. The molecule has 0 spiro atoms. The molecule has 2 aromatic carbocycles. The molecule has 6 nitrogen and oxygen atoms in total. The van der Waals surface area contributed by atoms with Crippen molar-refractivity contribution in [3.05, 3.63) is 75.9 Å². The van der Waals surface area contributed by atoms with Gasteiger partial charge in [0.15, 0.2) is 0 Å². The van der Waals surface area contributed by atoms with Crippen LogP contribution in [0.25, 0.3) is 0 Å². The van der Waals surface area contributed by atoms with Crippen LogP contribution in [0.1, 0.15) is 9.67 Å². The first kappa shape index (κ1) is 20.3. The first-order valence-electron chi connectivity index (χ1n) is 9.60. The summed E-state index contributed by atoms with van der Waals surface area (Å²) in [5, 5.41) is 8.34. The molecular formula is C22H21ClN4O2S. The molecule has 8 heteroatoms. The summed E-state index contributed by atoms with van der Waals surface area (Å²) in [5.41, 5.74) is 2.34. The number of benzene rings is 2. The second kappa shape index (κ2) is 9.19. The summed E-state index contributed by atoms with van der Waals surface area (Å²) in [6.45, 7) is 2.72. The summed E-state index contributed by atoms with van der Waals surface area (Å²) in [4.78, 5) is 29.5. The van der Waals surface area contributed by atoms with Gasteiger partial charge in [-0.05, 0) is 47.8 Å². The minimum atomic E-state index is -0.161. The average molecular weight is 441 g/mol. The molecule has 2 heterocycles. The lowest BCUT2D eigenvalue weighted by molar-refractivity contribution is 0.103. The Morgan fingerprint density at radius 2 is 1.60 bits per heavy atom. The molecule has 3 aromatic rings. The Morgan fingerprint density at radius 1 is 0.867 bits per heavy atom. The standard InChI is InChI=1S/C22H21ClN4O2S/c23-16-4-1-7-19(14-16)26-9-11-27(12-10-26)22(29)25-18-6-2-5-17(15-18)24-21(28)20-8-3-13-30-20/h1-8,13-15H,9-12H2,(H,24,28)(H,25,29). The van der Waals surface area contributed by atoms with Crippen LogP contribution in [0.5, 0.6) is 0 Å². The Morgan fingerprint density at radius 3 is 2.30 bits per heavy atom. The number of nitrogens with zero attached hydrogens (tertiary/aromatic N) is 2. The van der Waals surface area contributed by atoms with E-state index in [1.54, 1.807) is 35.2 Å². The Kier molecular flexibility index (Phi) is 6.21. The van der Waals surface area contributed by atoms with Crippen LogP contribution in [0, 0.1) is 0 Å². The Labute approximate surface area is 184 Å². The molecule has 0 saturated carbocycles. The summed E-state index contributed by atoms with van der Waals surface area (Å²) < 4.78 is 0. The van der Waals surface area contributed by atoms with E-state index < -0.39 is 0 Å². The van der Waals surface area contributed by atoms with Gasteiger partial charge in [0, 0.05) is 48.3 Å². The van der Waals surface area contributed by atoms with Crippen molar-refractivity contribution in [3.8, 4) is 0 Å². The lowest BCUT2D eigenvalue weighted by atomic mass is 10.2. The zero-order chi connectivity index (χ0) is 20.9. The number of carbonyl (C=O) groups excluding carboxylic acids is 2. The Bertz CT molecular complexity index is 1030. The number of nitrogens with one attached hydrogen (secondary N) is 2. The molecule has 4 rings (SSSR count). The molecule has 1 fully saturated rings. The largest absolute Gasteiger partial charge is 0.368 e. The van der Waals surface area contributed by atoms with Crippen molar-refractivity contribution in [3.63, 3.8) is 0 Å². The third-order valence-corrected chi connectivity index (χ3v) is 5.96. The van der Waals surface area contributed by atoms with Crippen LogP contribution in [0.2, 0.25) is 5.02 Å². The average Bonchev–Trinajstić information content (AvgIpc) is 3.29. The zero-order valence-corrected chi connectivity index (χ0v) is 17.7. The number of piperazine rings is 1. The third-order valence-electron chi connectivity index (χ3n) is 4.86. The summed E-state index contributed by atoms with van der Waals surface area (Å²) in [6.07, 6.45) is 0. The molecule has 1 aromatic heterocycles. The molecule has 1 aliphatic heterocycles. The van der Waals surface area contributed by atoms with Crippen molar-refractivity contribution in [2.45, 2.75) is 0 Å².